The van der Waals surface area contributed by atoms with E-state index in [-0.39, 0.29) is 28.6 Å². The summed E-state index contributed by atoms with van der Waals surface area (Å²) in [6, 6.07) is 18.1. The zero-order valence-electron chi connectivity index (χ0n) is 29.1. The molecular weight excluding hydrogens is 592 g/mol. The van der Waals surface area contributed by atoms with Crippen LogP contribution in [-0.2, 0) is 22.1 Å². The van der Waals surface area contributed by atoms with E-state index in [4.69, 9.17) is 26.7 Å². The van der Waals surface area contributed by atoms with Crippen molar-refractivity contribution in [2.24, 2.45) is 22.2 Å². The number of hydrogen-bond donors (Lipinski definition) is 5. The lowest BCUT2D eigenvalue weighted by Crippen LogP contribution is -2.30. The molecule has 256 valence electrons. The van der Waals surface area contributed by atoms with Crippen LogP contribution in [0.1, 0.15) is 71.7 Å². The summed E-state index contributed by atoms with van der Waals surface area (Å²) < 4.78 is 12.8. The molecule has 0 saturated carbocycles. The highest BCUT2D eigenvalue weighted by atomic mass is 16.5. The van der Waals surface area contributed by atoms with Crippen molar-refractivity contribution in [1.29, 1.82) is 0 Å². The number of benzene rings is 2. The summed E-state index contributed by atoms with van der Waals surface area (Å²) in [5.74, 6) is 0.998. The SMILES string of the molecule is CC(C)(C)c1cc2cn(-c3ccc(CNCCCN=C(N)N)cc3)c(=O)nc2[nH]1.CCO[C@H](CN)COc1cccc(C(C)(C)C)c1. The van der Waals surface area contributed by atoms with Crippen LogP contribution >= 0.6 is 0 Å². The third-order valence-electron chi connectivity index (χ3n) is 7.47. The molecule has 0 spiro atoms. The van der Waals surface area contributed by atoms with Gasteiger partial charge in [0.25, 0.3) is 0 Å². The first-order valence-electron chi connectivity index (χ1n) is 16.2. The number of hydrogen-bond acceptors (Lipinski definition) is 7. The molecular formula is C36H54N8O3. The molecule has 0 fully saturated rings. The van der Waals surface area contributed by atoms with Crippen molar-refractivity contribution in [2.75, 3.05) is 32.8 Å². The van der Waals surface area contributed by atoms with Crippen molar-refractivity contribution in [3.8, 4) is 11.4 Å². The topological polar surface area (TPSA) is 172 Å². The molecule has 0 saturated heterocycles. The fourth-order valence-electron chi connectivity index (χ4n) is 4.66. The fourth-order valence-corrected chi connectivity index (χ4v) is 4.66. The third-order valence-corrected chi connectivity index (χ3v) is 7.47. The lowest BCUT2D eigenvalue weighted by molar-refractivity contribution is 0.0336. The number of guanidine groups is 1. The van der Waals surface area contributed by atoms with Crippen LogP contribution in [0.25, 0.3) is 16.7 Å². The Morgan fingerprint density at radius 2 is 1.77 bits per heavy atom. The molecule has 1 atom stereocenters. The average Bonchev–Trinajstić information content (AvgIpc) is 3.44. The molecule has 0 amide bonds. The average molecular weight is 647 g/mol. The van der Waals surface area contributed by atoms with Crippen LogP contribution in [-0.4, -0.2) is 59.4 Å². The summed E-state index contributed by atoms with van der Waals surface area (Å²) in [6.45, 7) is 18.7. The van der Waals surface area contributed by atoms with E-state index in [0.29, 0.717) is 32.0 Å². The van der Waals surface area contributed by atoms with Crippen LogP contribution in [0, 0.1) is 0 Å². The Morgan fingerprint density at radius 3 is 2.38 bits per heavy atom. The van der Waals surface area contributed by atoms with E-state index in [9.17, 15) is 4.79 Å². The number of aliphatic imine (C=N–C) groups is 1. The highest BCUT2D eigenvalue weighted by molar-refractivity contribution is 5.76. The molecule has 47 heavy (non-hydrogen) atoms. The Labute approximate surface area is 279 Å². The smallest absolute Gasteiger partial charge is 0.354 e. The molecule has 0 radical (unpaired) electrons. The van der Waals surface area contributed by atoms with Gasteiger partial charge in [0.1, 0.15) is 24.1 Å². The van der Waals surface area contributed by atoms with Crippen LogP contribution in [0.5, 0.6) is 5.75 Å². The predicted molar refractivity (Wildman–Crippen MR) is 192 cm³/mol. The maximum Gasteiger partial charge on any atom is 0.354 e. The minimum atomic E-state index is -0.301. The van der Waals surface area contributed by atoms with Crippen LogP contribution in [0.4, 0.5) is 0 Å². The molecule has 11 heteroatoms. The van der Waals surface area contributed by atoms with Crippen LogP contribution in [0.3, 0.4) is 0 Å². The Morgan fingerprint density at radius 1 is 1.04 bits per heavy atom. The first kappa shape index (κ1) is 37.3. The maximum absolute atomic E-state index is 12.5. The van der Waals surface area contributed by atoms with Crippen molar-refractivity contribution in [3.63, 3.8) is 0 Å². The van der Waals surface area contributed by atoms with Crippen molar-refractivity contribution in [2.45, 2.75) is 78.4 Å². The van der Waals surface area contributed by atoms with Gasteiger partial charge >= 0.3 is 5.69 Å². The second-order valence-electron chi connectivity index (χ2n) is 13.5. The van der Waals surface area contributed by atoms with Gasteiger partial charge in [-0.3, -0.25) is 9.56 Å². The first-order chi connectivity index (χ1) is 22.2. The van der Waals surface area contributed by atoms with Gasteiger partial charge in [-0.1, -0.05) is 65.8 Å². The van der Waals surface area contributed by atoms with Crippen LogP contribution in [0.15, 0.2) is 70.6 Å². The molecule has 0 unspecified atom stereocenters. The number of nitrogens with two attached hydrogens (primary N) is 3. The number of ether oxygens (including phenoxy) is 2. The first-order valence-corrected chi connectivity index (χ1v) is 16.2. The van der Waals surface area contributed by atoms with Gasteiger partial charge in [0.2, 0.25) is 0 Å². The predicted octanol–water partition coefficient (Wildman–Crippen LogP) is 4.49. The molecule has 4 aromatic rings. The van der Waals surface area contributed by atoms with Crippen molar-refractivity contribution in [1.82, 2.24) is 19.9 Å². The minimum absolute atomic E-state index is 0.0340. The van der Waals surface area contributed by atoms with Gasteiger partial charge in [-0.2, -0.15) is 4.98 Å². The summed E-state index contributed by atoms with van der Waals surface area (Å²) in [4.78, 5) is 23.9. The monoisotopic (exact) mass is 646 g/mol. The lowest BCUT2D eigenvalue weighted by Gasteiger charge is -2.21. The highest BCUT2D eigenvalue weighted by Gasteiger charge is 2.18. The van der Waals surface area contributed by atoms with Gasteiger partial charge in [-0.25, -0.2) is 4.79 Å². The molecule has 2 aromatic heterocycles. The van der Waals surface area contributed by atoms with Gasteiger partial charge in [0.05, 0.1) is 5.69 Å². The number of nitrogens with zero attached hydrogens (tertiary/aromatic N) is 3. The zero-order valence-corrected chi connectivity index (χ0v) is 29.1. The van der Waals surface area contributed by atoms with Gasteiger partial charge in [-0.05, 0) is 66.8 Å². The molecule has 8 N–H and O–H groups in total. The van der Waals surface area contributed by atoms with Crippen LogP contribution < -0.4 is 32.9 Å². The van der Waals surface area contributed by atoms with E-state index < -0.39 is 0 Å². The second-order valence-corrected chi connectivity index (χ2v) is 13.5. The summed E-state index contributed by atoms with van der Waals surface area (Å²) in [7, 11) is 0. The number of rotatable bonds is 13. The minimum Gasteiger partial charge on any atom is -0.491 e. The number of aromatic nitrogens is 3. The largest absolute Gasteiger partial charge is 0.491 e. The number of aromatic amines is 1. The highest BCUT2D eigenvalue weighted by Crippen LogP contribution is 2.26. The Kier molecular flexibility index (Phi) is 13.6. The molecule has 11 nitrogen and oxygen atoms in total. The van der Waals surface area contributed by atoms with E-state index in [1.807, 2.05) is 49.5 Å². The zero-order chi connectivity index (χ0) is 34.6. The number of fused-ring (bicyclic) bond motifs is 1. The van der Waals surface area contributed by atoms with Crippen molar-refractivity contribution in [3.05, 3.63) is 88.1 Å². The summed E-state index contributed by atoms with van der Waals surface area (Å²) >= 11 is 0. The molecule has 0 aliphatic rings. The van der Waals surface area contributed by atoms with E-state index in [0.717, 1.165) is 47.6 Å². The molecule has 4 rings (SSSR count). The van der Waals surface area contributed by atoms with E-state index in [1.165, 1.54) is 5.56 Å². The molecule has 2 aromatic carbocycles. The molecule has 0 aliphatic heterocycles. The van der Waals surface area contributed by atoms with Gasteiger partial charge in [-0.15, -0.1) is 0 Å². The summed E-state index contributed by atoms with van der Waals surface area (Å²) in [6.07, 6.45) is 2.67. The van der Waals surface area contributed by atoms with Crippen molar-refractivity contribution < 1.29 is 9.47 Å². The molecule has 2 heterocycles. The normalized spacial score (nSPS) is 12.3. The fraction of sp³-hybridized carbons (Fsp3) is 0.472. The summed E-state index contributed by atoms with van der Waals surface area (Å²) in [5, 5.41) is 4.27. The van der Waals surface area contributed by atoms with Crippen LogP contribution in [0.2, 0.25) is 0 Å². The van der Waals surface area contributed by atoms with Gasteiger partial charge < -0.3 is 37.0 Å². The van der Waals surface area contributed by atoms with Crippen molar-refractivity contribution >= 4 is 17.0 Å². The Bertz CT molecular complexity index is 1630. The second kappa shape index (κ2) is 17.1. The van der Waals surface area contributed by atoms with Gasteiger partial charge in [0, 0.05) is 48.9 Å². The standard InChI is InChI=1S/C21H29N7O.C15H25NO2/c1-21(2,3)17-11-15-13-28(20(29)27-18(15)26-17)16-7-5-14(6-8-16)12-24-9-4-10-25-19(22)23;1-5-17-14(10-16)11-18-13-8-6-7-12(9-13)15(2,3)4/h5-8,11,13,24H,4,9-10,12H2,1-3H3,(H4,22,23,25)(H,26,27,29);6-9,14H,5,10-11,16H2,1-4H3/t;14-/m.1/s1. The quantitative estimate of drug-likeness (QED) is 0.0803. The lowest BCUT2D eigenvalue weighted by atomic mass is 9.87. The third kappa shape index (κ3) is 11.8. The number of nitrogens with one attached hydrogen (secondary N) is 2. The molecule has 0 aliphatic carbocycles. The maximum atomic E-state index is 12.5. The number of H-pyrrole nitrogens is 1. The van der Waals surface area contributed by atoms with E-state index >= 15 is 0 Å². The Balaban J connectivity index is 0.000000287. The van der Waals surface area contributed by atoms with E-state index in [1.54, 1.807) is 4.57 Å². The molecule has 0 bridgehead atoms. The van der Waals surface area contributed by atoms with Gasteiger partial charge in [0.15, 0.2) is 5.96 Å². The Hall–Kier alpha value is -4.19. The summed E-state index contributed by atoms with van der Waals surface area (Å²) in [5.41, 5.74) is 20.9. The van der Waals surface area contributed by atoms with E-state index in [2.05, 4.69) is 80.0 Å².